The number of nitrogens with one attached hydrogen (secondary N) is 3. The van der Waals surface area contributed by atoms with Crippen LogP contribution in [0.3, 0.4) is 0 Å². The van der Waals surface area contributed by atoms with E-state index in [2.05, 4.69) is 15.4 Å². The van der Waals surface area contributed by atoms with Gasteiger partial charge in [0.25, 0.3) is 0 Å². The highest BCUT2D eigenvalue weighted by molar-refractivity contribution is 6.40. The average molecular weight is 559 g/mol. The van der Waals surface area contributed by atoms with E-state index >= 15 is 0 Å². The predicted octanol–water partition coefficient (Wildman–Crippen LogP) is 2.07. The van der Waals surface area contributed by atoms with Crippen molar-refractivity contribution in [2.75, 3.05) is 11.9 Å². The smallest absolute Gasteiger partial charge is 0.313 e. The van der Waals surface area contributed by atoms with Gasteiger partial charge in [-0.1, -0.05) is 13.8 Å². The van der Waals surface area contributed by atoms with E-state index in [4.69, 9.17) is 5.11 Å². The van der Waals surface area contributed by atoms with Gasteiger partial charge in [0.2, 0.25) is 17.5 Å². The number of anilines is 1. The third-order valence-electron chi connectivity index (χ3n) is 5.06. The number of carboxylic acids is 1. The Morgan fingerprint density at radius 3 is 1.95 bits per heavy atom. The number of carbonyl (C=O) groups excluding carboxylic acids is 4. The highest BCUT2D eigenvalue weighted by Gasteiger charge is 2.32. The maximum Gasteiger partial charge on any atom is 0.313 e. The summed E-state index contributed by atoms with van der Waals surface area (Å²) in [4.78, 5) is 61.0. The van der Waals surface area contributed by atoms with Crippen molar-refractivity contribution in [3.63, 3.8) is 0 Å². The lowest BCUT2D eigenvalue weighted by molar-refractivity contribution is -0.141. The molecule has 0 saturated carbocycles. The van der Waals surface area contributed by atoms with Crippen LogP contribution in [0.5, 0.6) is 5.75 Å². The Kier molecular flexibility index (Phi) is 10.5. The molecule has 2 aromatic carbocycles. The van der Waals surface area contributed by atoms with Crippen molar-refractivity contribution in [3.05, 3.63) is 59.4 Å². The molecule has 0 heterocycles. The molecule has 15 heteroatoms. The molecule has 0 radical (unpaired) electrons. The second-order valence-corrected chi connectivity index (χ2v) is 8.37. The van der Waals surface area contributed by atoms with Crippen LogP contribution in [0, 0.1) is 35.0 Å². The summed E-state index contributed by atoms with van der Waals surface area (Å²) in [6.07, 6.45) is -1.04. The fourth-order valence-electron chi connectivity index (χ4n) is 3.07. The molecule has 4 N–H and O–H groups in total. The Bertz CT molecular complexity index is 1250. The van der Waals surface area contributed by atoms with Crippen LogP contribution in [0.2, 0.25) is 0 Å². The molecule has 0 aliphatic heterocycles. The van der Waals surface area contributed by atoms with E-state index in [1.54, 1.807) is 0 Å². The molecule has 2 rings (SSSR count). The second kappa shape index (κ2) is 13.3. The molecule has 0 bridgehead atoms. The van der Waals surface area contributed by atoms with Gasteiger partial charge in [-0.05, 0) is 30.2 Å². The van der Waals surface area contributed by atoms with Gasteiger partial charge in [-0.15, -0.1) is 0 Å². The lowest BCUT2D eigenvalue weighted by Gasteiger charge is -2.24. The average Bonchev–Trinajstić information content (AvgIpc) is 2.86. The van der Waals surface area contributed by atoms with Gasteiger partial charge in [0.15, 0.2) is 23.2 Å². The van der Waals surface area contributed by atoms with Gasteiger partial charge in [-0.3, -0.25) is 24.0 Å². The minimum Gasteiger partial charge on any atom is -0.481 e. The van der Waals surface area contributed by atoms with Crippen molar-refractivity contribution in [1.82, 2.24) is 10.6 Å². The quantitative estimate of drug-likeness (QED) is 0.187. The largest absolute Gasteiger partial charge is 0.481 e. The maximum atomic E-state index is 13.8. The molecule has 0 saturated heterocycles. The van der Waals surface area contributed by atoms with E-state index in [-0.39, 0.29) is 11.8 Å². The van der Waals surface area contributed by atoms with E-state index < -0.39 is 95.3 Å². The van der Waals surface area contributed by atoms with E-state index in [1.807, 2.05) is 5.32 Å². The van der Waals surface area contributed by atoms with Crippen LogP contribution in [0.4, 0.5) is 27.6 Å². The van der Waals surface area contributed by atoms with Crippen LogP contribution in [0.1, 0.15) is 20.3 Å². The second-order valence-electron chi connectivity index (χ2n) is 8.37. The first-order valence-corrected chi connectivity index (χ1v) is 11.1. The van der Waals surface area contributed by atoms with Gasteiger partial charge >= 0.3 is 17.8 Å². The topological polar surface area (TPSA) is 151 Å². The maximum absolute atomic E-state index is 13.8. The number of benzene rings is 2. The molecule has 0 fully saturated rings. The summed E-state index contributed by atoms with van der Waals surface area (Å²) in [5.74, 6) is -16.9. The molecule has 0 aliphatic carbocycles. The predicted molar refractivity (Wildman–Crippen MR) is 123 cm³/mol. The number of ketones is 1. The zero-order chi connectivity index (χ0) is 29.4. The Labute approximate surface area is 217 Å². The number of carbonyl (C=O) groups is 5. The Balaban J connectivity index is 2.11. The molecule has 0 aliphatic rings. The molecule has 2 aromatic rings. The van der Waals surface area contributed by atoms with E-state index in [0.29, 0.717) is 0 Å². The number of aliphatic carboxylic acids is 1. The summed E-state index contributed by atoms with van der Waals surface area (Å²) < 4.78 is 71.8. The van der Waals surface area contributed by atoms with E-state index in [9.17, 15) is 45.9 Å². The first-order chi connectivity index (χ1) is 18.2. The number of hydrogen-bond acceptors (Lipinski definition) is 6. The summed E-state index contributed by atoms with van der Waals surface area (Å²) in [5, 5.41) is 15.4. The van der Waals surface area contributed by atoms with Crippen molar-refractivity contribution < 1.29 is 55.8 Å². The molecular weight excluding hydrogens is 537 g/mol. The van der Waals surface area contributed by atoms with Gasteiger partial charge < -0.3 is 25.8 Å². The Morgan fingerprint density at radius 1 is 0.872 bits per heavy atom. The van der Waals surface area contributed by atoms with Crippen LogP contribution in [0.25, 0.3) is 0 Å². The fraction of sp³-hybridized carbons (Fsp3) is 0.292. The lowest BCUT2D eigenvalue weighted by atomic mass is 10.0. The van der Waals surface area contributed by atoms with Crippen molar-refractivity contribution in [3.8, 4) is 5.75 Å². The molecule has 3 amide bonds. The molecule has 0 unspecified atom stereocenters. The third kappa shape index (κ3) is 8.48. The van der Waals surface area contributed by atoms with Gasteiger partial charge in [0.1, 0.15) is 24.5 Å². The monoisotopic (exact) mass is 559 g/mol. The number of hydrogen-bond donors (Lipinski definition) is 4. The third-order valence-corrected chi connectivity index (χ3v) is 5.06. The van der Waals surface area contributed by atoms with Crippen molar-refractivity contribution >= 4 is 35.2 Å². The number of carboxylic acid groups (broad SMARTS) is 1. The van der Waals surface area contributed by atoms with Crippen LogP contribution in [-0.4, -0.2) is 53.3 Å². The van der Waals surface area contributed by atoms with Gasteiger partial charge in [-0.25, -0.2) is 13.2 Å². The zero-order valence-electron chi connectivity index (χ0n) is 20.3. The summed E-state index contributed by atoms with van der Waals surface area (Å²) in [5.41, 5.74) is 0.0697. The standard InChI is InChI=1S/C24H22F5N3O7/c1-10(2)20(32-24(38)23(37)30-12-5-3-11(25)4-6-12)22(36)31-15(8-17(34)35)16(33)9-39-21-18(28)13(26)7-14(27)19(21)29/h3-7,10,15,20H,8-9H2,1-2H3,(H,30,37)(H,31,36)(H,32,38)(H,34,35)/t15-,20-/m0/s1. The Hall–Kier alpha value is -4.56. The molecule has 0 aromatic heterocycles. The van der Waals surface area contributed by atoms with Crippen LogP contribution < -0.4 is 20.7 Å². The molecular formula is C24H22F5N3O7. The number of ether oxygens (including phenoxy) is 1. The van der Waals surface area contributed by atoms with Crippen molar-refractivity contribution in [1.29, 1.82) is 0 Å². The number of rotatable bonds is 11. The SMILES string of the molecule is CC(C)[C@H](NC(=O)C(=O)Nc1ccc(F)cc1)C(=O)N[C@@H](CC(=O)O)C(=O)COc1c(F)c(F)cc(F)c1F. The highest BCUT2D eigenvalue weighted by atomic mass is 19.2. The molecule has 39 heavy (non-hydrogen) atoms. The summed E-state index contributed by atoms with van der Waals surface area (Å²) >= 11 is 0. The minimum atomic E-state index is -1.94. The number of halogens is 5. The summed E-state index contributed by atoms with van der Waals surface area (Å²) in [7, 11) is 0. The molecule has 0 spiro atoms. The van der Waals surface area contributed by atoms with Crippen LogP contribution >= 0.6 is 0 Å². The van der Waals surface area contributed by atoms with Crippen LogP contribution in [0.15, 0.2) is 30.3 Å². The number of Topliss-reactive ketones (excluding diaryl/α,β-unsaturated/α-hetero) is 1. The van der Waals surface area contributed by atoms with Crippen molar-refractivity contribution in [2.45, 2.75) is 32.4 Å². The van der Waals surface area contributed by atoms with Gasteiger partial charge in [-0.2, -0.15) is 8.78 Å². The fourth-order valence-corrected chi connectivity index (χ4v) is 3.07. The normalized spacial score (nSPS) is 12.3. The highest BCUT2D eigenvalue weighted by Crippen LogP contribution is 2.26. The first-order valence-electron chi connectivity index (χ1n) is 11.1. The number of amides is 3. The van der Waals surface area contributed by atoms with E-state index in [1.165, 1.54) is 26.0 Å². The summed E-state index contributed by atoms with van der Waals surface area (Å²) in [6.45, 7) is 1.60. The summed E-state index contributed by atoms with van der Waals surface area (Å²) in [6, 6.07) is 0.955. The Morgan fingerprint density at radius 2 is 1.44 bits per heavy atom. The lowest BCUT2D eigenvalue weighted by Crippen LogP contribution is -2.56. The van der Waals surface area contributed by atoms with Crippen molar-refractivity contribution in [2.24, 2.45) is 5.92 Å². The van der Waals surface area contributed by atoms with Gasteiger partial charge in [0.05, 0.1) is 6.42 Å². The molecule has 2 atom stereocenters. The molecule has 10 nitrogen and oxygen atoms in total. The van der Waals surface area contributed by atoms with Gasteiger partial charge in [0, 0.05) is 11.8 Å². The zero-order valence-corrected chi connectivity index (χ0v) is 20.3. The van der Waals surface area contributed by atoms with Crippen LogP contribution in [-0.2, 0) is 24.0 Å². The molecule has 210 valence electrons. The minimum absolute atomic E-state index is 0.0697. The first kappa shape index (κ1) is 30.7. The van der Waals surface area contributed by atoms with E-state index in [0.717, 1.165) is 12.1 Å².